The van der Waals surface area contributed by atoms with Crippen LogP contribution in [0.1, 0.15) is 26.3 Å². The van der Waals surface area contributed by atoms with Crippen molar-refractivity contribution in [1.29, 1.82) is 0 Å². The van der Waals surface area contributed by atoms with E-state index in [9.17, 15) is 14.7 Å². The number of pyridine rings is 1. The van der Waals surface area contributed by atoms with Gasteiger partial charge in [0.05, 0.1) is 23.8 Å². The maximum Gasteiger partial charge on any atom is 0.263 e. The van der Waals surface area contributed by atoms with Gasteiger partial charge in [-0.2, -0.15) is 0 Å². The van der Waals surface area contributed by atoms with Crippen LogP contribution in [0.15, 0.2) is 48.8 Å². The molecular weight excluding hydrogens is 268 g/mol. The molecule has 1 atom stereocenters. The van der Waals surface area contributed by atoms with Crippen LogP contribution in [0.25, 0.3) is 0 Å². The number of aliphatic hydroxyl groups excluding tert-OH is 1. The molecule has 21 heavy (non-hydrogen) atoms. The zero-order valence-electron chi connectivity index (χ0n) is 11.3. The van der Waals surface area contributed by atoms with Crippen molar-refractivity contribution in [3.8, 4) is 0 Å². The molecule has 0 saturated carbocycles. The first kappa shape index (κ1) is 13.5. The molecule has 0 radical (unpaired) electrons. The topological polar surface area (TPSA) is 70.5 Å². The van der Waals surface area contributed by atoms with E-state index in [1.165, 1.54) is 18.5 Å². The molecule has 5 nitrogen and oxygen atoms in total. The van der Waals surface area contributed by atoms with Crippen molar-refractivity contribution in [1.82, 2.24) is 9.88 Å². The number of amides is 2. The van der Waals surface area contributed by atoms with Gasteiger partial charge in [0.25, 0.3) is 11.8 Å². The molecule has 5 heteroatoms. The van der Waals surface area contributed by atoms with Gasteiger partial charge in [0.1, 0.15) is 0 Å². The fraction of sp³-hybridized carbons (Fsp3) is 0.188. The fourth-order valence-corrected chi connectivity index (χ4v) is 2.56. The average Bonchev–Trinajstić information content (AvgIpc) is 2.78. The highest BCUT2D eigenvalue weighted by atomic mass is 16.3. The number of hydrogen-bond donors (Lipinski definition) is 1. The van der Waals surface area contributed by atoms with Crippen molar-refractivity contribution in [3.05, 3.63) is 65.5 Å². The highest BCUT2D eigenvalue weighted by molar-refractivity contribution is 6.21. The minimum absolute atomic E-state index is 0.270. The highest BCUT2D eigenvalue weighted by Gasteiger charge is 2.39. The second kappa shape index (κ2) is 5.46. The second-order valence-corrected chi connectivity index (χ2v) is 4.93. The van der Waals surface area contributed by atoms with Gasteiger partial charge in [-0.15, -0.1) is 0 Å². The molecule has 3 rings (SSSR count). The summed E-state index contributed by atoms with van der Waals surface area (Å²) in [5.41, 5.74) is 1.61. The fourth-order valence-electron chi connectivity index (χ4n) is 2.56. The van der Waals surface area contributed by atoms with E-state index in [1.807, 2.05) is 30.3 Å². The van der Waals surface area contributed by atoms with E-state index in [-0.39, 0.29) is 12.5 Å². The number of fused-ring (bicyclic) bond motifs is 1. The lowest BCUT2D eigenvalue weighted by Gasteiger charge is -2.24. The lowest BCUT2D eigenvalue weighted by molar-refractivity contribution is 0.0516. The van der Waals surface area contributed by atoms with Gasteiger partial charge in [-0.1, -0.05) is 30.3 Å². The number of benzene rings is 1. The van der Waals surface area contributed by atoms with Gasteiger partial charge in [-0.05, 0) is 18.1 Å². The molecule has 0 unspecified atom stereocenters. The molecule has 106 valence electrons. The molecule has 1 N–H and O–H groups in total. The van der Waals surface area contributed by atoms with Crippen LogP contribution in [0.3, 0.4) is 0 Å². The van der Waals surface area contributed by atoms with Crippen LogP contribution in [0.2, 0.25) is 0 Å². The first-order valence-corrected chi connectivity index (χ1v) is 6.69. The van der Waals surface area contributed by atoms with Crippen LogP contribution < -0.4 is 0 Å². The van der Waals surface area contributed by atoms with Crippen LogP contribution >= 0.6 is 0 Å². The van der Waals surface area contributed by atoms with E-state index in [0.29, 0.717) is 17.5 Å². The van der Waals surface area contributed by atoms with Gasteiger partial charge < -0.3 is 5.11 Å². The summed E-state index contributed by atoms with van der Waals surface area (Å²) in [7, 11) is 0. The van der Waals surface area contributed by atoms with Crippen molar-refractivity contribution in [2.24, 2.45) is 0 Å². The van der Waals surface area contributed by atoms with Crippen molar-refractivity contribution in [2.45, 2.75) is 12.5 Å². The van der Waals surface area contributed by atoms with Crippen LogP contribution in [0.5, 0.6) is 0 Å². The van der Waals surface area contributed by atoms with Crippen LogP contribution in [0, 0.1) is 0 Å². The van der Waals surface area contributed by atoms with Gasteiger partial charge in [-0.3, -0.25) is 19.5 Å². The Balaban J connectivity index is 1.89. The van der Waals surface area contributed by atoms with Gasteiger partial charge in [0.15, 0.2) is 0 Å². The Morgan fingerprint density at radius 2 is 1.76 bits per heavy atom. The number of nitrogens with zero attached hydrogens (tertiary/aromatic N) is 2. The molecule has 2 aromatic rings. The number of carbonyl (C=O) groups excluding carboxylic acids is 2. The van der Waals surface area contributed by atoms with Gasteiger partial charge in [0, 0.05) is 12.4 Å². The Labute approximate surface area is 121 Å². The van der Waals surface area contributed by atoms with E-state index >= 15 is 0 Å². The van der Waals surface area contributed by atoms with Gasteiger partial charge >= 0.3 is 0 Å². The van der Waals surface area contributed by atoms with Crippen molar-refractivity contribution in [2.75, 3.05) is 6.61 Å². The van der Waals surface area contributed by atoms with E-state index in [4.69, 9.17) is 0 Å². The molecule has 0 fully saturated rings. The molecule has 1 aliphatic rings. The molecule has 0 spiro atoms. The zero-order chi connectivity index (χ0) is 14.8. The maximum absolute atomic E-state index is 12.4. The minimum Gasteiger partial charge on any atom is -0.394 e. The largest absolute Gasteiger partial charge is 0.394 e. The molecule has 0 bridgehead atoms. The van der Waals surface area contributed by atoms with Crippen LogP contribution in [-0.2, 0) is 6.42 Å². The van der Waals surface area contributed by atoms with Crippen molar-refractivity contribution >= 4 is 11.8 Å². The molecule has 2 heterocycles. The monoisotopic (exact) mass is 282 g/mol. The Morgan fingerprint density at radius 3 is 2.43 bits per heavy atom. The van der Waals surface area contributed by atoms with Crippen LogP contribution in [-0.4, -0.2) is 39.5 Å². The van der Waals surface area contributed by atoms with Crippen LogP contribution in [0.4, 0.5) is 0 Å². The Morgan fingerprint density at radius 1 is 1.05 bits per heavy atom. The number of aromatic nitrogens is 1. The third-order valence-electron chi connectivity index (χ3n) is 3.61. The third-order valence-corrected chi connectivity index (χ3v) is 3.61. The zero-order valence-corrected chi connectivity index (χ0v) is 11.3. The van der Waals surface area contributed by atoms with Crippen molar-refractivity contribution in [3.63, 3.8) is 0 Å². The molecule has 1 aromatic carbocycles. The summed E-state index contributed by atoms with van der Waals surface area (Å²) >= 11 is 0. The van der Waals surface area contributed by atoms with Gasteiger partial charge in [-0.25, -0.2) is 0 Å². The maximum atomic E-state index is 12.4. The summed E-state index contributed by atoms with van der Waals surface area (Å²) in [4.78, 5) is 29.7. The Kier molecular flexibility index (Phi) is 3.50. The number of rotatable bonds is 4. The molecule has 0 saturated heterocycles. The minimum atomic E-state index is -0.570. The summed E-state index contributed by atoms with van der Waals surface area (Å²) in [5, 5.41) is 9.60. The number of hydrogen-bond acceptors (Lipinski definition) is 4. The van der Waals surface area contributed by atoms with E-state index in [0.717, 1.165) is 10.5 Å². The number of imide groups is 1. The molecule has 1 aromatic heterocycles. The summed E-state index contributed by atoms with van der Waals surface area (Å²) in [5.74, 6) is -0.759. The summed E-state index contributed by atoms with van der Waals surface area (Å²) in [6, 6.07) is 10.4. The highest BCUT2D eigenvalue weighted by Crippen LogP contribution is 2.25. The quantitative estimate of drug-likeness (QED) is 0.858. The molecule has 0 aliphatic carbocycles. The number of carbonyl (C=O) groups is 2. The second-order valence-electron chi connectivity index (χ2n) is 4.93. The van der Waals surface area contributed by atoms with Gasteiger partial charge in [0.2, 0.25) is 0 Å². The lowest BCUT2D eigenvalue weighted by atomic mass is 10.1. The normalized spacial score (nSPS) is 15.2. The van der Waals surface area contributed by atoms with E-state index < -0.39 is 11.9 Å². The van der Waals surface area contributed by atoms with E-state index in [2.05, 4.69) is 4.98 Å². The molecule has 1 aliphatic heterocycles. The molecular formula is C16H14N2O3. The SMILES string of the molecule is O=C1c2ccncc2C(=O)N1[C@@H](CO)Cc1ccccc1. The first-order chi connectivity index (χ1) is 10.2. The standard InChI is InChI=1S/C16H14N2O3/c19-10-12(8-11-4-2-1-3-5-11)18-15(20)13-6-7-17-9-14(13)16(18)21/h1-7,9,12,19H,8,10H2/t12-/m1/s1. The van der Waals surface area contributed by atoms with E-state index in [1.54, 1.807) is 0 Å². The first-order valence-electron chi connectivity index (χ1n) is 6.69. The summed E-state index contributed by atoms with van der Waals surface area (Å²) < 4.78 is 0. The Bertz CT molecular complexity index is 650. The third kappa shape index (κ3) is 2.32. The Hall–Kier alpha value is -2.53. The predicted octanol–water partition coefficient (Wildman–Crippen LogP) is 1.28. The molecule has 2 amide bonds. The number of aliphatic hydroxyl groups is 1. The smallest absolute Gasteiger partial charge is 0.263 e. The lowest BCUT2D eigenvalue weighted by Crippen LogP contribution is -2.43. The predicted molar refractivity (Wildman–Crippen MR) is 75.8 cm³/mol. The van der Waals surface area contributed by atoms with Crippen molar-refractivity contribution < 1.29 is 14.7 Å². The summed E-state index contributed by atoms with van der Waals surface area (Å²) in [6.07, 6.45) is 3.31. The average molecular weight is 282 g/mol. The summed E-state index contributed by atoms with van der Waals surface area (Å²) in [6.45, 7) is -0.270.